The van der Waals surface area contributed by atoms with Crippen LogP contribution in [-0.2, 0) is 4.74 Å². The maximum Gasteiger partial charge on any atom is 0.0771 e. The molecule has 3 nitrogen and oxygen atoms in total. The summed E-state index contributed by atoms with van der Waals surface area (Å²) in [5.41, 5.74) is -0.456. The Balaban J connectivity index is 2.11. The predicted octanol–water partition coefficient (Wildman–Crippen LogP) is 1.70. The summed E-state index contributed by atoms with van der Waals surface area (Å²) < 4.78 is 5.24. The molecule has 15 heavy (non-hydrogen) atoms. The van der Waals surface area contributed by atoms with Gasteiger partial charge in [0, 0.05) is 19.7 Å². The monoisotopic (exact) mass is 215 g/mol. The third-order valence-electron chi connectivity index (χ3n) is 3.12. The number of aliphatic hydroxyl groups is 1. The summed E-state index contributed by atoms with van der Waals surface area (Å²) in [5, 5.41) is 13.6. The van der Waals surface area contributed by atoms with Crippen molar-refractivity contribution in [3.8, 4) is 0 Å². The zero-order chi connectivity index (χ0) is 11.0. The first kappa shape index (κ1) is 12.9. The van der Waals surface area contributed by atoms with Gasteiger partial charge < -0.3 is 15.2 Å². The normalized spacial score (nSPS) is 21.2. The van der Waals surface area contributed by atoms with E-state index in [0.29, 0.717) is 0 Å². The van der Waals surface area contributed by atoms with Crippen LogP contribution in [0.25, 0.3) is 0 Å². The lowest BCUT2D eigenvalue weighted by Crippen LogP contribution is -2.41. The van der Waals surface area contributed by atoms with E-state index >= 15 is 0 Å². The Kier molecular flexibility index (Phi) is 6.22. The zero-order valence-electron chi connectivity index (χ0n) is 9.93. The van der Waals surface area contributed by atoms with Crippen LogP contribution in [0.2, 0.25) is 0 Å². The van der Waals surface area contributed by atoms with Gasteiger partial charge in [-0.15, -0.1) is 0 Å². The number of hydrogen-bond donors (Lipinski definition) is 2. The Labute approximate surface area is 93.2 Å². The van der Waals surface area contributed by atoms with Crippen LogP contribution in [0.5, 0.6) is 0 Å². The molecule has 0 aliphatic heterocycles. The second kappa shape index (κ2) is 7.20. The minimum absolute atomic E-state index is 0.456. The number of ether oxygens (including phenoxy) is 1. The van der Waals surface area contributed by atoms with Gasteiger partial charge in [-0.1, -0.05) is 25.7 Å². The first-order valence-corrected chi connectivity index (χ1v) is 6.28. The van der Waals surface area contributed by atoms with Crippen molar-refractivity contribution >= 4 is 0 Å². The topological polar surface area (TPSA) is 41.5 Å². The lowest BCUT2D eigenvalue weighted by atomic mass is 9.94. The molecule has 0 bridgehead atoms. The molecule has 0 amide bonds. The SMILES string of the molecule is CCOCCNCC1(O)CCCCCC1. The molecule has 0 aromatic heterocycles. The molecule has 0 saturated heterocycles. The van der Waals surface area contributed by atoms with Gasteiger partial charge >= 0.3 is 0 Å². The van der Waals surface area contributed by atoms with Gasteiger partial charge in [0.05, 0.1) is 12.2 Å². The summed E-state index contributed by atoms with van der Waals surface area (Å²) in [5.74, 6) is 0. The molecule has 1 saturated carbocycles. The number of nitrogens with one attached hydrogen (secondary N) is 1. The maximum absolute atomic E-state index is 10.3. The van der Waals surface area contributed by atoms with Crippen LogP contribution in [0, 0.1) is 0 Å². The maximum atomic E-state index is 10.3. The molecular formula is C12H25NO2. The summed E-state index contributed by atoms with van der Waals surface area (Å²) >= 11 is 0. The molecule has 0 unspecified atom stereocenters. The highest BCUT2D eigenvalue weighted by atomic mass is 16.5. The van der Waals surface area contributed by atoms with Crippen molar-refractivity contribution in [1.82, 2.24) is 5.32 Å². The summed E-state index contributed by atoms with van der Waals surface area (Å²) in [7, 11) is 0. The average Bonchev–Trinajstić information content (AvgIpc) is 2.43. The second-order valence-corrected chi connectivity index (χ2v) is 4.51. The molecule has 1 aliphatic carbocycles. The van der Waals surface area contributed by atoms with Crippen LogP contribution in [0.15, 0.2) is 0 Å². The van der Waals surface area contributed by atoms with Crippen LogP contribution in [0.1, 0.15) is 45.4 Å². The fourth-order valence-electron chi connectivity index (χ4n) is 2.17. The minimum Gasteiger partial charge on any atom is -0.389 e. The highest BCUT2D eigenvalue weighted by Crippen LogP contribution is 2.26. The minimum atomic E-state index is -0.456. The van der Waals surface area contributed by atoms with Crippen LogP contribution >= 0.6 is 0 Å². The fraction of sp³-hybridized carbons (Fsp3) is 1.00. The molecule has 1 rings (SSSR count). The Hall–Kier alpha value is -0.120. The van der Waals surface area contributed by atoms with E-state index < -0.39 is 5.60 Å². The Bertz CT molecular complexity index is 154. The molecule has 0 radical (unpaired) electrons. The van der Waals surface area contributed by atoms with E-state index in [-0.39, 0.29) is 0 Å². The highest BCUT2D eigenvalue weighted by Gasteiger charge is 2.26. The van der Waals surface area contributed by atoms with Gasteiger partial charge in [-0.25, -0.2) is 0 Å². The van der Waals surface area contributed by atoms with Crippen LogP contribution in [0.4, 0.5) is 0 Å². The molecule has 2 N–H and O–H groups in total. The number of hydrogen-bond acceptors (Lipinski definition) is 3. The summed E-state index contributed by atoms with van der Waals surface area (Å²) in [6, 6.07) is 0. The standard InChI is InChI=1S/C12H25NO2/c1-2-15-10-9-13-11-12(14)7-5-3-4-6-8-12/h13-14H,2-11H2,1H3. The molecule has 0 aromatic rings. The third kappa shape index (κ3) is 5.50. The van der Waals surface area contributed by atoms with Gasteiger partial charge in [-0.3, -0.25) is 0 Å². The molecular weight excluding hydrogens is 190 g/mol. The van der Waals surface area contributed by atoms with Gasteiger partial charge in [0.1, 0.15) is 0 Å². The third-order valence-corrected chi connectivity index (χ3v) is 3.12. The van der Waals surface area contributed by atoms with Gasteiger partial charge in [0.2, 0.25) is 0 Å². The molecule has 0 heterocycles. The van der Waals surface area contributed by atoms with Gasteiger partial charge in [0.15, 0.2) is 0 Å². The summed E-state index contributed by atoms with van der Waals surface area (Å²) in [6.07, 6.45) is 6.80. The summed E-state index contributed by atoms with van der Waals surface area (Å²) in [4.78, 5) is 0. The van der Waals surface area contributed by atoms with E-state index in [9.17, 15) is 5.11 Å². The van der Waals surface area contributed by atoms with Crippen molar-refractivity contribution in [3.63, 3.8) is 0 Å². The molecule has 3 heteroatoms. The van der Waals surface area contributed by atoms with E-state index in [0.717, 1.165) is 39.1 Å². The Morgan fingerprint density at radius 3 is 2.47 bits per heavy atom. The summed E-state index contributed by atoms with van der Waals surface area (Å²) in [6.45, 7) is 5.08. The van der Waals surface area contributed by atoms with Crippen LogP contribution in [-0.4, -0.2) is 37.0 Å². The molecule has 1 fully saturated rings. The Morgan fingerprint density at radius 2 is 1.87 bits per heavy atom. The van der Waals surface area contributed by atoms with E-state index in [1.54, 1.807) is 0 Å². The van der Waals surface area contributed by atoms with Crippen molar-refractivity contribution in [2.75, 3.05) is 26.3 Å². The van der Waals surface area contributed by atoms with Gasteiger partial charge in [0.25, 0.3) is 0 Å². The van der Waals surface area contributed by atoms with Crippen molar-refractivity contribution in [2.45, 2.75) is 51.0 Å². The molecule has 1 aliphatic rings. The van der Waals surface area contributed by atoms with E-state index in [1.165, 1.54) is 25.7 Å². The lowest BCUT2D eigenvalue weighted by molar-refractivity contribution is 0.0234. The molecule has 0 atom stereocenters. The number of rotatable bonds is 6. The lowest BCUT2D eigenvalue weighted by Gasteiger charge is -2.26. The average molecular weight is 215 g/mol. The predicted molar refractivity (Wildman–Crippen MR) is 62.0 cm³/mol. The van der Waals surface area contributed by atoms with E-state index in [2.05, 4.69) is 5.32 Å². The quantitative estimate of drug-likeness (QED) is 0.523. The smallest absolute Gasteiger partial charge is 0.0771 e. The molecule has 0 aromatic carbocycles. The fourth-order valence-corrected chi connectivity index (χ4v) is 2.17. The first-order chi connectivity index (χ1) is 7.27. The van der Waals surface area contributed by atoms with Crippen molar-refractivity contribution in [3.05, 3.63) is 0 Å². The second-order valence-electron chi connectivity index (χ2n) is 4.51. The highest BCUT2D eigenvalue weighted by molar-refractivity contribution is 4.82. The van der Waals surface area contributed by atoms with Crippen molar-refractivity contribution in [1.29, 1.82) is 0 Å². The van der Waals surface area contributed by atoms with Gasteiger partial charge in [-0.05, 0) is 19.8 Å². The largest absolute Gasteiger partial charge is 0.389 e. The molecule has 90 valence electrons. The molecule has 0 spiro atoms. The zero-order valence-corrected chi connectivity index (χ0v) is 9.93. The van der Waals surface area contributed by atoms with Crippen LogP contribution in [0.3, 0.4) is 0 Å². The first-order valence-electron chi connectivity index (χ1n) is 6.28. The van der Waals surface area contributed by atoms with Crippen molar-refractivity contribution < 1.29 is 9.84 Å². The van der Waals surface area contributed by atoms with E-state index in [4.69, 9.17) is 4.74 Å². The van der Waals surface area contributed by atoms with Gasteiger partial charge in [-0.2, -0.15) is 0 Å². The Morgan fingerprint density at radius 1 is 1.20 bits per heavy atom. The van der Waals surface area contributed by atoms with Crippen LogP contribution < -0.4 is 5.32 Å². The van der Waals surface area contributed by atoms with Crippen molar-refractivity contribution in [2.24, 2.45) is 0 Å². The van der Waals surface area contributed by atoms with E-state index in [1.807, 2.05) is 6.92 Å².